The first-order chi connectivity index (χ1) is 18.8. The maximum absolute atomic E-state index is 15.7. The Morgan fingerprint density at radius 1 is 1.10 bits per heavy atom. The number of hydrogen-bond donors (Lipinski definition) is 0. The summed E-state index contributed by atoms with van der Waals surface area (Å²) in [6, 6.07) is 15.0. The van der Waals surface area contributed by atoms with Crippen LogP contribution in [0.25, 0.3) is 0 Å². The highest BCUT2D eigenvalue weighted by atomic mass is 19.2. The highest BCUT2D eigenvalue weighted by Gasteiger charge is 2.34. The molecule has 7 nitrogen and oxygen atoms in total. The summed E-state index contributed by atoms with van der Waals surface area (Å²) in [5.74, 6) is -5.75. The van der Waals surface area contributed by atoms with E-state index in [1.807, 2.05) is 36.4 Å². The van der Waals surface area contributed by atoms with Crippen LogP contribution in [0.3, 0.4) is 0 Å². The van der Waals surface area contributed by atoms with Gasteiger partial charge in [-0.1, -0.05) is 36.8 Å². The number of benzene rings is 2. The Hall–Kier alpha value is -4.26. The minimum atomic E-state index is -1.55. The van der Waals surface area contributed by atoms with Gasteiger partial charge in [0.15, 0.2) is 11.5 Å². The van der Waals surface area contributed by atoms with Crippen LogP contribution in [-0.4, -0.2) is 30.6 Å². The number of nitriles is 1. The molecule has 2 aromatic carbocycles. The smallest absolute Gasteiger partial charge is 0.308 e. The zero-order chi connectivity index (χ0) is 27.9. The lowest BCUT2D eigenvalue weighted by atomic mass is 9.85. The minimum absolute atomic E-state index is 0.0870. The summed E-state index contributed by atoms with van der Waals surface area (Å²) in [5.41, 5.74) is 0.377. The zero-order valence-corrected chi connectivity index (χ0v) is 21.6. The first kappa shape index (κ1) is 27.8. The largest absolute Gasteiger partial charge is 0.485 e. The molecular weight excluding hydrogens is 511 g/mol. The van der Waals surface area contributed by atoms with Crippen LogP contribution in [0.15, 0.2) is 48.5 Å². The number of nitrogens with zero attached hydrogens (tertiary/aromatic N) is 3. The zero-order valence-electron chi connectivity index (χ0n) is 21.6. The summed E-state index contributed by atoms with van der Waals surface area (Å²) < 4.78 is 61.8. The molecule has 0 N–H and O–H groups in total. The van der Waals surface area contributed by atoms with E-state index < -0.39 is 41.1 Å². The summed E-state index contributed by atoms with van der Waals surface area (Å²) in [7, 11) is 1.44. The molecule has 2 atom stereocenters. The Morgan fingerprint density at radius 3 is 2.59 bits per heavy atom. The fourth-order valence-corrected chi connectivity index (χ4v) is 4.65. The molecule has 4 rings (SSSR count). The summed E-state index contributed by atoms with van der Waals surface area (Å²) in [6.45, 7) is 2.09. The average molecular weight is 540 g/mol. The third-order valence-corrected chi connectivity index (χ3v) is 6.67. The van der Waals surface area contributed by atoms with E-state index in [2.05, 4.69) is 4.98 Å². The standard InChI is InChI=1S/C29H28F3N3O4/c1-3-37-29(36)20-10-7-11-21(15-20)35(2)26-24(30)27(32)34-28(25(26)31)39-23-14-19(16-33)12-13-22(23)38-17-18-8-5-4-6-9-18/h4-6,8-9,12-14,20-21H,3,7,10-11,15,17H2,1-2H3. The van der Waals surface area contributed by atoms with Gasteiger partial charge in [-0.3, -0.25) is 4.79 Å². The first-order valence-corrected chi connectivity index (χ1v) is 12.6. The van der Waals surface area contributed by atoms with Crippen LogP contribution in [0.1, 0.15) is 43.7 Å². The van der Waals surface area contributed by atoms with Crippen LogP contribution in [0.4, 0.5) is 18.9 Å². The minimum Gasteiger partial charge on any atom is -0.485 e. The Morgan fingerprint density at radius 2 is 1.87 bits per heavy atom. The van der Waals surface area contributed by atoms with Crippen LogP contribution in [0, 0.1) is 34.8 Å². The van der Waals surface area contributed by atoms with Crippen molar-refractivity contribution in [3.63, 3.8) is 0 Å². The van der Waals surface area contributed by atoms with Gasteiger partial charge in [-0.05, 0) is 43.9 Å². The Kier molecular flexibility index (Phi) is 8.92. The highest BCUT2D eigenvalue weighted by molar-refractivity contribution is 5.72. The number of aromatic nitrogens is 1. The van der Waals surface area contributed by atoms with Gasteiger partial charge >= 0.3 is 5.97 Å². The molecule has 0 saturated heterocycles. The average Bonchev–Trinajstić information content (AvgIpc) is 2.96. The van der Waals surface area contributed by atoms with Crippen molar-refractivity contribution in [2.24, 2.45) is 5.92 Å². The van der Waals surface area contributed by atoms with E-state index in [9.17, 15) is 18.8 Å². The maximum Gasteiger partial charge on any atom is 0.308 e. The van der Waals surface area contributed by atoms with Gasteiger partial charge in [-0.2, -0.15) is 23.4 Å². The van der Waals surface area contributed by atoms with Crippen molar-refractivity contribution >= 4 is 11.7 Å². The summed E-state index contributed by atoms with van der Waals surface area (Å²) >= 11 is 0. The number of anilines is 1. The Bertz CT molecular complexity index is 1360. The van der Waals surface area contributed by atoms with Crippen LogP contribution in [0.5, 0.6) is 17.4 Å². The third-order valence-electron chi connectivity index (χ3n) is 6.67. The second kappa shape index (κ2) is 12.5. The van der Waals surface area contributed by atoms with Crippen molar-refractivity contribution < 1.29 is 32.2 Å². The van der Waals surface area contributed by atoms with E-state index in [4.69, 9.17) is 14.2 Å². The molecule has 1 aromatic heterocycles. The fraction of sp³-hybridized carbons (Fsp3) is 0.345. The second-order valence-electron chi connectivity index (χ2n) is 9.21. The molecular formula is C29H28F3N3O4. The number of ether oxygens (including phenoxy) is 3. The number of hydrogen-bond acceptors (Lipinski definition) is 7. The molecule has 1 aliphatic carbocycles. The number of halogens is 3. The number of pyridine rings is 1. The van der Waals surface area contributed by atoms with Crippen molar-refractivity contribution in [3.05, 3.63) is 77.2 Å². The number of carbonyl (C=O) groups excluding carboxylic acids is 1. The summed E-state index contributed by atoms with van der Waals surface area (Å²) in [6.07, 6.45) is 2.10. The molecule has 1 aliphatic rings. The predicted octanol–water partition coefficient (Wildman–Crippen LogP) is 6.30. The van der Waals surface area contributed by atoms with Crippen molar-refractivity contribution in [3.8, 4) is 23.4 Å². The molecule has 0 bridgehead atoms. The van der Waals surface area contributed by atoms with Gasteiger partial charge in [0, 0.05) is 19.2 Å². The van der Waals surface area contributed by atoms with E-state index in [1.165, 1.54) is 30.1 Å². The fourth-order valence-electron chi connectivity index (χ4n) is 4.65. The number of esters is 1. The monoisotopic (exact) mass is 539 g/mol. The summed E-state index contributed by atoms with van der Waals surface area (Å²) in [4.78, 5) is 16.9. The van der Waals surface area contributed by atoms with E-state index in [0.717, 1.165) is 5.56 Å². The maximum atomic E-state index is 15.7. The van der Waals surface area contributed by atoms with Crippen LogP contribution >= 0.6 is 0 Å². The molecule has 0 radical (unpaired) electrons. The molecule has 1 fully saturated rings. The highest BCUT2D eigenvalue weighted by Crippen LogP contribution is 2.39. The molecule has 10 heteroatoms. The van der Waals surface area contributed by atoms with E-state index in [-0.39, 0.29) is 36.2 Å². The lowest BCUT2D eigenvalue weighted by molar-refractivity contribution is -0.149. The topological polar surface area (TPSA) is 84.7 Å². The van der Waals surface area contributed by atoms with E-state index in [1.54, 1.807) is 6.92 Å². The molecule has 204 valence electrons. The van der Waals surface area contributed by atoms with Gasteiger partial charge < -0.3 is 19.1 Å². The van der Waals surface area contributed by atoms with Crippen molar-refractivity contribution in [1.82, 2.24) is 4.98 Å². The van der Waals surface area contributed by atoms with Gasteiger partial charge in [0.25, 0.3) is 11.8 Å². The molecule has 1 saturated carbocycles. The number of carbonyl (C=O) groups is 1. The molecule has 2 unspecified atom stereocenters. The first-order valence-electron chi connectivity index (χ1n) is 12.6. The SMILES string of the molecule is CCOC(=O)C1CCCC(N(C)c2c(F)c(F)nc(Oc3cc(C#N)ccc3OCc3ccccc3)c2F)C1. The van der Waals surface area contributed by atoms with Crippen LogP contribution in [0.2, 0.25) is 0 Å². The van der Waals surface area contributed by atoms with Crippen LogP contribution in [-0.2, 0) is 16.1 Å². The van der Waals surface area contributed by atoms with Gasteiger partial charge in [0.05, 0.1) is 24.2 Å². The van der Waals surface area contributed by atoms with Crippen molar-refractivity contribution in [2.75, 3.05) is 18.6 Å². The number of rotatable bonds is 9. The lowest BCUT2D eigenvalue weighted by Gasteiger charge is -2.36. The summed E-state index contributed by atoms with van der Waals surface area (Å²) in [5, 5.41) is 9.33. The van der Waals surface area contributed by atoms with E-state index in [0.29, 0.717) is 25.7 Å². The Balaban J connectivity index is 1.63. The molecule has 0 amide bonds. The second-order valence-corrected chi connectivity index (χ2v) is 9.21. The molecule has 0 aliphatic heterocycles. The predicted molar refractivity (Wildman–Crippen MR) is 137 cm³/mol. The van der Waals surface area contributed by atoms with Gasteiger partial charge in [-0.15, -0.1) is 0 Å². The quantitative estimate of drug-likeness (QED) is 0.233. The van der Waals surface area contributed by atoms with Crippen LogP contribution < -0.4 is 14.4 Å². The normalized spacial score (nSPS) is 16.7. The van der Waals surface area contributed by atoms with Gasteiger partial charge in [-0.25, -0.2) is 0 Å². The molecule has 1 heterocycles. The van der Waals surface area contributed by atoms with Crippen molar-refractivity contribution in [1.29, 1.82) is 5.26 Å². The third kappa shape index (κ3) is 6.42. The van der Waals surface area contributed by atoms with Gasteiger partial charge in [0.2, 0.25) is 11.6 Å². The van der Waals surface area contributed by atoms with Crippen molar-refractivity contribution in [2.45, 2.75) is 45.3 Å². The Labute approximate surface area is 224 Å². The molecule has 0 spiro atoms. The molecule has 39 heavy (non-hydrogen) atoms. The lowest BCUT2D eigenvalue weighted by Crippen LogP contribution is -2.39. The van der Waals surface area contributed by atoms with E-state index >= 15 is 4.39 Å². The van der Waals surface area contributed by atoms with Gasteiger partial charge in [0.1, 0.15) is 12.3 Å². The molecule has 3 aromatic rings.